The molecule has 0 amide bonds. The van der Waals surface area contributed by atoms with Gasteiger partial charge in [-0.2, -0.15) is 0 Å². The number of thiophene rings is 8. The van der Waals surface area contributed by atoms with E-state index in [1.165, 1.54) is 317 Å². The summed E-state index contributed by atoms with van der Waals surface area (Å²) in [6.45, 7) is 24.7. The van der Waals surface area contributed by atoms with Gasteiger partial charge in [-0.1, -0.05) is 187 Å². The molecule has 0 aromatic carbocycles. The quantitative estimate of drug-likeness (QED) is 0.0279. The van der Waals surface area contributed by atoms with E-state index in [0.29, 0.717) is 0 Å². The Balaban J connectivity index is 0.566. The average molecular weight is 1500 g/mol. The molecule has 0 aliphatic carbocycles. The first-order valence-electron chi connectivity index (χ1n) is 38.1. The highest BCUT2D eigenvalue weighted by molar-refractivity contribution is 7.29. The highest BCUT2D eigenvalue weighted by Crippen LogP contribution is 2.46. The molecule has 8 aromatic rings. The highest BCUT2D eigenvalue weighted by atomic mass is 32.1. The molecule has 0 aliphatic rings. The summed E-state index contributed by atoms with van der Waals surface area (Å²) in [6.07, 6.45) is 47.3. The van der Waals surface area contributed by atoms with Crippen molar-refractivity contribution in [2.75, 3.05) is 0 Å². The fourth-order valence-electron chi connectivity index (χ4n) is 13.9. The second-order valence-corrected chi connectivity index (χ2v) is 56.9. The number of hydrogen-bond acceptors (Lipinski definition) is 10. The molecule has 0 fully saturated rings. The van der Waals surface area contributed by atoms with Gasteiger partial charge in [-0.25, -0.2) is 0 Å². The molecule has 524 valence electrons. The SMILES string of the molecule is CCCCCCc1ccc(-c2ccc(-c3ccc(-c4ccc(CCCCCCCCCCC[Si](C)(C)O[Si](C)(C)CCCCCCC[Si](C)(C)O[Si](C)(C)CCCCCCCCCCCc5ccc(-c6ccc(-c7ccc(-c8ccc(CCCCCC)s8)s7)s6)s5)s4)s3)s2)s1. The summed E-state index contributed by atoms with van der Waals surface area (Å²) >= 11 is 15.8. The summed E-state index contributed by atoms with van der Waals surface area (Å²) in [7, 11) is -6.48. The summed E-state index contributed by atoms with van der Waals surface area (Å²) in [5.41, 5.74) is 0. The molecular weight excluding hydrogens is 1370 g/mol. The highest BCUT2D eigenvalue weighted by Gasteiger charge is 2.34. The lowest BCUT2D eigenvalue weighted by Gasteiger charge is -2.34. The van der Waals surface area contributed by atoms with Gasteiger partial charge in [-0.15, -0.1) is 90.7 Å². The minimum atomic E-state index is -1.62. The van der Waals surface area contributed by atoms with Crippen LogP contribution in [0.3, 0.4) is 0 Å². The van der Waals surface area contributed by atoms with Crippen LogP contribution >= 0.6 is 90.7 Å². The first-order chi connectivity index (χ1) is 45.9. The molecule has 14 heteroatoms. The van der Waals surface area contributed by atoms with Crippen molar-refractivity contribution >= 4 is 124 Å². The lowest BCUT2D eigenvalue weighted by molar-refractivity contribution is 0.514. The molecule has 0 N–H and O–H groups in total. The van der Waals surface area contributed by atoms with Crippen LogP contribution in [-0.4, -0.2) is 33.3 Å². The molecule has 8 rings (SSSR count). The van der Waals surface area contributed by atoms with E-state index in [1.807, 2.05) is 90.7 Å². The summed E-state index contributed by atoms with van der Waals surface area (Å²) in [4.78, 5) is 23.1. The fraction of sp³-hybridized carbons (Fsp3) is 0.605. The van der Waals surface area contributed by atoms with E-state index in [-0.39, 0.29) is 0 Å². The predicted molar refractivity (Wildman–Crippen MR) is 449 cm³/mol. The Morgan fingerprint density at radius 2 is 0.358 bits per heavy atom. The molecule has 0 aliphatic heterocycles. The minimum Gasteiger partial charge on any atom is -0.455 e. The third kappa shape index (κ3) is 29.3. The van der Waals surface area contributed by atoms with Crippen molar-refractivity contribution in [3.05, 3.63) is 117 Å². The Labute approximate surface area is 616 Å². The van der Waals surface area contributed by atoms with E-state index < -0.39 is 33.3 Å². The number of unbranched alkanes of at least 4 members (excludes halogenated alkanes) is 26. The van der Waals surface area contributed by atoms with Gasteiger partial charge in [-0.05, 0) is 225 Å². The molecule has 0 spiro atoms. The van der Waals surface area contributed by atoms with E-state index in [9.17, 15) is 0 Å². The first-order valence-corrected chi connectivity index (χ1v) is 57.1. The van der Waals surface area contributed by atoms with E-state index >= 15 is 0 Å². The van der Waals surface area contributed by atoms with E-state index in [2.05, 4.69) is 163 Å². The van der Waals surface area contributed by atoms with Crippen LogP contribution in [0, 0.1) is 0 Å². The molecule has 2 nitrogen and oxygen atoms in total. The van der Waals surface area contributed by atoms with Gasteiger partial charge in [0.15, 0.2) is 33.3 Å². The normalized spacial score (nSPS) is 12.6. The standard InChI is InChI=1S/C81H124O2S8Si4/c1-11-13-15-34-42-66-46-50-70(84-66)74-54-58-78(88-74)80-60-56-76(90-80)72-52-48-68(86-72)44-36-28-23-19-17-21-25-30-38-62-92(3,4)82-94(7,8)64-40-32-27-33-41-65-95(9,10)83-93(5,6)63-39-31-26-22-18-20-24-29-37-45-69-49-53-73(87-69)77-57-61-81(91-77)79-59-55-75(89-79)71-51-47-67(85-71)43-35-16-14-12-2/h46-61H,11-45,62-65H2,1-10H3. The summed E-state index contributed by atoms with van der Waals surface area (Å²) < 4.78 is 14.2. The van der Waals surface area contributed by atoms with Crippen LogP contribution in [0.1, 0.15) is 232 Å². The Bertz CT molecular complexity index is 3120. The zero-order valence-electron chi connectivity index (χ0n) is 60.9. The zero-order chi connectivity index (χ0) is 67.2. The molecule has 95 heavy (non-hydrogen) atoms. The van der Waals surface area contributed by atoms with E-state index in [4.69, 9.17) is 8.23 Å². The van der Waals surface area contributed by atoms with Gasteiger partial charge in [0.1, 0.15) is 0 Å². The molecule has 0 radical (unpaired) electrons. The average Bonchev–Trinajstić information content (AvgIpc) is 1.69. The summed E-state index contributed by atoms with van der Waals surface area (Å²) in [5, 5.41) is 0. The predicted octanol–water partition coefficient (Wildman–Crippen LogP) is 32.0. The van der Waals surface area contributed by atoms with Crippen molar-refractivity contribution in [1.29, 1.82) is 0 Å². The van der Waals surface area contributed by atoms with E-state index in [0.717, 1.165) is 0 Å². The van der Waals surface area contributed by atoms with Crippen LogP contribution < -0.4 is 0 Å². The van der Waals surface area contributed by atoms with Gasteiger partial charge in [0.25, 0.3) is 0 Å². The lowest BCUT2D eigenvalue weighted by Crippen LogP contribution is -2.44. The van der Waals surface area contributed by atoms with Crippen LogP contribution in [0.15, 0.2) is 97.1 Å². The largest absolute Gasteiger partial charge is 0.455 e. The molecule has 8 heterocycles. The maximum atomic E-state index is 7.11. The van der Waals surface area contributed by atoms with Crippen molar-refractivity contribution < 1.29 is 8.23 Å². The Hall–Kier alpha value is -1.61. The van der Waals surface area contributed by atoms with Crippen LogP contribution in [-0.2, 0) is 33.9 Å². The van der Waals surface area contributed by atoms with Crippen molar-refractivity contribution in [3.63, 3.8) is 0 Å². The summed E-state index contributed by atoms with van der Waals surface area (Å²) in [5.74, 6) is 0. The van der Waals surface area contributed by atoms with Crippen LogP contribution in [0.4, 0.5) is 0 Å². The maximum absolute atomic E-state index is 7.11. The molecule has 8 aromatic heterocycles. The molecule has 0 bridgehead atoms. The molecule has 0 atom stereocenters. The molecule has 0 saturated heterocycles. The van der Waals surface area contributed by atoms with E-state index in [1.54, 1.807) is 9.75 Å². The van der Waals surface area contributed by atoms with Crippen LogP contribution in [0.25, 0.3) is 58.5 Å². The zero-order valence-corrected chi connectivity index (χ0v) is 71.4. The van der Waals surface area contributed by atoms with Crippen LogP contribution in [0.2, 0.25) is 76.6 Å². The molecule has 0 saturated carbocycles. The number of hydrogen-bond donors (Lipinski definition) is 0. The first kappa shape index (κ1) is 79.1. The van der Waals surface area contributed by atoms with Gasteiger partial charge in [0.2, 0.25) is 0 Å². The van der Waals surface area contributed by atoms with Gasteiger partial charge < -0.3 is 8.23 Å². The Morgan fingerprint density at radius 3 is 0.558 bits per heavy atom. The minimum absolute atomic E-state index is 1.23. The van der Waals surface area contributed by atoms with Crippen LogP contribution in [0.5, 0.6) is 0 Å². The van der Waals surface area contributed by atoms with Crippen molar-refractivity contribution in [2.24, 2.45) is 0 Å². The molecular formula is C81H124O2S8Si4. The summed E-state index contributed by atoms with van der Waals surface area (Å²) in [6, 6.07) is 43.0. The molecule has 0 unspecified atom stereocenters. The topological polar surface area (TPSA) is 18.5 Å². The second-order valence-electron chi connectivity index (χ2n) is 30.2. The van der Waals surface area contributed by atoms with Gasteiger partial charge >= 0.3 is 0 Å². The third-order valence-corrected chi connectivity index (χ3v) is 44.3. The second kappa shape index (κ2) is 42.1. The van der Waals surface area contributed by atoms with Gasteiger partial charge in [-0.3, -0.25) is 0 Å². The number of aryl methyl sites for hydroxylation is 4. The third-order valence-electron chi connectivity index (χ3n) is 19.1. The van der Waals surface area contributed by atoms with Gasteiger partial charge in [0, 0.05) is 78.0 Å². The van der Waals surface area contributed by atoms with Crippen molar-refractivity contribution in [1.82, 2.24) is 0 Å². The Morgan fingerprint density at radius 1 is 0.200 bits per heavy atom. The fourth-order valence-corrected chi connectivity index (χ4v) is 40.7. The monoisotopic (exact) mass is 1500 g/mol. The van der Waals surface area contributed by atoms with Crippen molar-refractivity contribution in [3.8, 4) is 58.5 Å². The Kier molecular flexibility index (Phi) is 35.0. The maximum Gasteiger partial charge on any atom is 0.173 e. The lowest BCUT2D eigenvalue weighted by atomic mass is 10.1. The number of rotatable bonds is 52. The van der Waals surface area contributed by atoms with Gasteiger partial charge in [0.05, 0.1) is 0 Å². The van der Waals surface area contributed by atoms with Crippen molar-refractivity contribution in [2.45, 2.75) is 315 Å². The smallest absolute Gasteiger partial charge is 0.173 e.